The van der Waals surface area contributed by atoms with E-state index in [1.165, 1.54) is 0 Å². The van der Waals surface area contributed by atoms with Gasteiger partial charge in [0.2, 0.25) is 0 Å². The minimum Gasteiger partial charge on any atom is -0.177 e. The third kappa shape index (κ3) is 2.56. The largest absolute Gasteiger partial charge is 0.177 e. The second-order valence-electron chi connectivity index (χ2n) is 1.90. The Labute approximate surface area is 44.8 Å². The highest BCUT2D eigenvalue weighted by molar-refractivity contribution is 3.97. The predicted molar refractivity (Wildman–Crippen MR) is 30.2 cm³/mol. The molecule has 3 heteroatoms. The number of quaternary nitrogens is 1. The number of hydrogen-bond donors (Lipinski definition) is 2. The van der Waals surface area contributed by atoms with Gasteiger partial charge in [-0.1, -0.05) is 0 Å². The summed E-state index contributed by atoms with van der Waals surface area (Å²) in [6.45, 7) is 0. The monoisotopic (exact) mass is 104 g/mol. The zero-order valence-corrected chi connectivity index (χ0v) is 5.45. The van der Waals surface area contributed by atoms with Gasteiger partial charge in [-0.3, -0.25) is 0 Å². The van der Waals surface area contributed by atoms with Gasteiger partial charge < -0.3 is 0 Å². The van der Waals surface area contributed by atoms with E-state index in [4.69, 9.17) is 0 Å². The van der Waals surface area contributed by atoms with Gasteiger partial charge in [-0.15, -0.1) is 0 Å². The maximum absolute atomic E-state index is 3.02. The van der Waals surface area contributed by atoms with Crippen LogP contribution in [0, 0.1) is 0 Å². The van der Waals surface area contributed by atoms with E-state index in [9.17, 15) is 0 Å². The lowest BCUT2D eigenvalue weighted by atomic mass is 11.0. The van der Waals surface area contributed by atoms with Crippen molar-refractivity contribution in [2.24, 2.45) is 0 Å². The van der Waals surface area contributed by atoms with Gasteiger partial charge in [-0.2, -0.15) is 15.6 Å². The standard InChI is InChI=1S/C4H14N3/c1-5-7(3,4)6-2/h5-6H,1-4H3/q+1. The Kier molecular flexibility index (Phi) is 2.22. The molecule has 0 unspecified atom stereocenters. The summed E-state index contributed by atoms with van der Waals surface area (Å²) in [5.41, 5.74) is 6.03. The van der Waals surface area contributed by atoms with Crippen LogP contribution in [0.25, 0.3) is 0 Å². The second kappa shape index (κ2) is 2.26. The molecule has 3 nitrogen and oxygen atoms in total. The molecule has 7 heavy (non-hydrogen) atoms. The van der Waals surface area contributed by atoms with E-state index >= 15 is 0 Å². The molecule has 0 aliphatic rings. The zero-order valence-electron chi connectivity index (χ0n) is 5.45. The van der Waals surface area contributed by atoms with Crippen LogP contribution in [-0.4, -0.2) is 32.9 Å². The molecule has 0 aromatic carbocycles. The average molecular weight is 104 g/mol. The van der Waals surface area contributed by atoms with Gasteiger partial charge in [-0.25, -0.2) is 0 Å². The van der Waals surface area contributed by atoms with Crippen molar-refractivity contribution in [2.75, 3.05) is 28.2 Å². The normalized spacial score (nSPS) is 12.0. The SMILES string of the molecule is CN[N+](C)(C)NC. The summed E-state index contributed by atoms with van der Waals surface area (Å²) in [5.74, 6) is 0. The van der Waals surface area contributed by atoms with Crippen molar-refractivity contribution in [1.82, 2.24) is 10.9 Å². The van der Waals surface area contributed by atoms with Crippen LogP contribution in [0.1, 0.15) is 0 Å². The summed E-state index contributed by atoms with van der Waals surface area (Å²) in [5, 5.41) is 0. The van der Waals surface area contributed by atoms with Gasteiger partial charge in [0.1, 0.15) is 14.1 Å². The number of nitrogens with one attached hydrogen (secondary N) is 2. The Morgan fingerprint density at radius 3 is 1.29 bits per heavy atom. The van der Waals surface area contributed by atoms with Crippen LogP contribution < -0.4 is 10.9 Å². The molecule has 2 N–H and O–H groups in total. The first-order chi connectivity index (χ1) is 3.12. The highest BCUT2D eigenvalue weighted by Gasteiger charge is 2.04. The summed E-state index contributed by atoms with van der Waals surface area (Å²) in [6, 6.07) is 0. The molecule has 0 fully saturated rings. The highest BCUT2D eigenvalue weighted by atomic mass is 15.8. The summed E-state index contributed by atoms with van der Waals surface area (Å²) in [6.07, 6.45) is 0. The van der Waals surface area contributed by atoms with E-state index < -0.39 is 0 Å². The number of hydrogen-bond acceptors (Lipinski definition) is 2. The van der Waals surface area contributed by atoms with Crippen LogP contribution in [0.2, 0.25) is 0 Å². The maximum Gasteiger partial charge on any atom is 0.104 e. The van der Waals surface area contributed by atoms with E-state index in [1.807, 2.05) is 28.2 Å². The van der Waals surface area contributed by atoms with Gasteiger partial charge >= 0.3 is 0 Å². The van der Waals surface area contributed by atoms with Crippen LogP contribution in [0.5, 0.6) is 0 Å². The van der Waals surface area contributed by atoms with E-state index in [2.05, 4.69) is 10.9 Å². The molecule has 0 aliphatic heterocycles. The minimum atomic E-state index is 0.639. The Morgan fingerprint density at radius 1 is 1.00 bits per heavy atom. The Bertz CT molecular complexity index is 44.9. The molecule has 44 valence electrons. The first kappa shape index (κ1) is 6.88. The topological polar surface area (TPSA) is 24.1 Å². The van der Waals surface area contributed by atoms with Gasteiger partial charge in [0.05, 0.1) is 0 Å². The van der Waals surface area contributed by atoms with Crippen molar-refractivity contribution in [1.29, 1.82) is 0 Å². The van der Waals surface area contributed by atoms with Gasteiger partial charge in [-0.05, 0) is 0 Å². The third-order valence-corrected chi connectivity index (χ3v) is 1.12. The van der Waals surface area contributed by atoms with E-state index in [-0.39, 0.29) is 0 Å². The van der Waals surface area contributed by atoms with Crippen molar-refractivity contribution in [3.05, 3.63) is 0 Å². The Morgan fingerprint density at radius 2 is 1.29 bits per heavy atom. The summed E-state index contributed by atoms with van der Waals surface area (Å²) in [7, 11) is 7.83. The first-order valence-electron chi connectivity index (χ1n) is 2.34. The third-order valence-electron chi connectivity index (χ3n) is 1.12. The van der Waals surface area contributed by atoms with Gasteiger partial charge in [0, 0.05) is 14.1 Å². The molecule has 0 heterocycles. The van der Waals surface area contributed by atoms with Crippen molar-refractivity contribution in [3.63, 3.8) is 0 Å². The van der Waals surface area contributed by atoms with Crippen molar-refractivity contribution >= 4 is 0 Å². The van der Waals surface area contributed by atoms with E-state index in [1.54, 1.807) is 0 Å². The molecule has 0 aromatic rings. The Hall–Kier alpha value is -0.120. The molecule has 0 saturated heterocycles. The van der Waals surface area contributed by atoms with Crippen LogP contribution >= 0.6 is 0 Å². The fourth-order valence-corrected chi connectivity index (χ4v) is 0.112. The number of nitrogens with zero attached hydrogens (tertiary/aromatic N) is 1. The summed E-state index contributed by atoms with van der Waals surface area (Å²) < 4.78 is 0.639. The molecule has 0 spiro atoms. The zero-order chi connectivity index (χ0) is 5.91. The first-order valence-corrected chi connectivity index (χ1v) is 2.34. The lowest BCUT2D eigenvalue weighted by Gasteiger charge is -2.24. The molecule has 0 aliphatic carbocycles. The molecule has 0 atom stereocenters. The molecular formula is C4H14N3+. The van der Waals surface area contributed by atoms with Crippen molar-refractivity contribution in [2.45, 2.75) is 0 Å². The molecule has 0 saturated carbocycles. The predicted octanol–water partition coefficient (Wildman–Crippen LogP) is -0.668. The van der Waals surface area contributed by atoms with Crippen LogP contribution in [-0.2, 0) is 0 Å². The Balaban J connectivity index is 3.36. The lowest BCUT2D eigenvalue weighted by molar-refractivity contribution is -0.971. The molecule has 0 radical (unpaired) electrons. The van der Waals surface area contributed by atoms with Crippen LogP contribution in [0.15, 0.2) is 0 Å². The van der Waals surface area contributed by atoms with Gasteiger partial charge in [0.15, 0.2) is 0 Å². The van der Waals surface area contributed by atoms with E-state index in [0.717, 1.165) is 0 Å². The maximum atomic E-state index is 3.02. The highest BCUT2D eigenvalue weighted by Crippen LogP contribution is 1.74. The number of rotatable bonds is 2. The molecule has 0 amide bonds. The van der Waals surface area contributed by atoms with Crippen LogP contribution in [0.4, 0.5) is 0 Å². The summed E-state index contributed by atoms with van der Waals surface area (Å²) >= 11 is 0. The fourth-order valence-electron chi connectivity index (χ4n) is 0.112. The smallest absolute Gasteiger partial charge is 0.104 e. The van der Waals surface area contributed by atoms with Gasteiger partial charge in [0.25, 0.3) is 0 Å². The summed E-state index contributed by atoms with van der Waals surface area (Å²) in [4.78, 5) is 0. The minimum absolute atomic E-state index is 0.639. The fraction of sp³-hybridized carbons (Fsp3) is 1.00. The molecule has 0 aromatic heterocycles. The molecule has 0 rings (SSSR count). The van der Waals surface area contributed by atoms with Crippen molar-refractivity contribution in [3.8, 4) is 0 Å². The van der Waals surface area contributed by atoms with Crippen molar-refractivity contribution < 1.29 is 4.70 Å². The van der Waals surface area contributed by atoms with E-state index in [0.29, 0.717) is 4.70 Å². The van der Waals surface area contributed by atoms with Crippen LogP contribution in [0.3, 0.4) is 0 Å². The average Bonchev–Trinajstić information content (AvgIpc) is 1.68. The quantitative estimate of drug-likeness (QED) is 0.359. The molecular weight excluding hydrogens is 90.1 g/mol. The molecule has 0 bridgehead atoms. The second-order valence-corrected chi connectivity index (χ2v) is 1.90. The lowest BCUT2D eigenvalue weighted by Crippen LogP contribution is -2.57.